The van der Waals surface area contributed by atoms with Crippen molar-refractivity contribution in [1.29, 1.82) is 0 Å². The van der Waals surface area contributed by atoms with Crippen molar-refractivity contribution >= 4 is 46.3 Å². The third-order valence-electron chi connectivity index (χ3n) is 4.91. The first kappa shape index (κ1) is 21.0. The van der Waals surface area contributed by atoms with Crippen LogP contribution in [0.4, 0.5) is 5.82 Å². The summed E-state index contributed by atoms with van der Waals surface area (Å²) in [5.74, 6) is 0.821. The first-order valence-corrected chi connectivity index (χ1v) is 12.2. The molecular weight excluding hydrogens is 420 g/mol. The zero-order valence-corrected chi connectivity index (χ0v) is 18.6. The van der Waals surface area contributed by atoms with Crippen molar-refractivity contribution in [1.82, 2.24) is 25.1 Å². The Bertz CT molecular complexity index is 1040. The maximum Gasteiger partial charge on any atom is 0.252 e. The normalized spacial score (nSPS) is 14.3. The van der Waals surface area contributed by atoms with Crippen LogP contribution in [0.25, 0.3) is 11.0 Å². The summed E-state index contributed by atoms with van der Waals surface area (Å²) in [7, 11) is 0. The van der Waals surface area contributed by atoms with Gasteiger partial charge in [-0.25, -0.2) is 14.6 Å². The van der Waals surface area contributed by atoms with Crippen LogP contribution in [-0.4, -0.2) is 71.0 Å². The topological polar surface area (TPSA) is 85.2 Å². The number of carbonyl (C=O) groups is 1. The molecule has 1 amide bonds. The van der Waals surface area contributed by atoms with Gasteiger partial charge in [-0.2, -0.15) is 5.10 Å². The standard InChI is InChI=1S/C20H24N6O2S2/c1-29-16-6-4-3-5-14(16)19(27)21-7-8-26-18-15(13-22-26)17(23-20(24-18)30-2)25-9-11-28-12-10-25/h3-6,13H,7-12H2,1-2H3,(H,21,27). The Morgan fingerprint density at radius 3 is 2.73 bits per heavy atom. The lowest BCUT2D eigenvalue weighted by Crippen LogP contribution is -2.37. The van der Waals surface area contributed by atoms with Gasteiger partial charge in [-0.1, -0.05) is 23.9 Å². The van der Waals surface area contributed by atoms with Crippen LogP contribution in [0.2, 0.25) is 0 Å². The first-order chi connectivity index (χ1) is 14.7. The van der Waals surface area contributed by atoms with Gasteiger partial charge in [0, 0.05) is 24.5 Å². The minimum absolute atomic E-state index is 0.0788. The molecule has 0 radical (unpaired) electrons. The van der Waals surface area contributed by atoms with Crippen molar-refractivity contribution in [3.63, 3.8) is 0 Å². The molecule has 1 fully saturated rings. The number of anilines is 1. The summed E-state index contributed by atoms with van der Waals surface area (Å²) in [6.45, 7) is 3.98. The molecule has 158 valence electrons. The lowest BCUT2D eigenvalue weighted by Gasteiger charge is -2.28. The average Bonchev–Trinajstić information content (AvgIpc) is 3.21. The summed E-state index contributed by atoms with van der Waals surface area (Å²) in [5.41, 5.74) is 1.48. The van der Waals surface area contributed by atoms with Gasteiger partial charge in [-0.15, -0.1) is 11.8 Å². The van der Waals surface area contributed by atoms with Gasteiger partial charge in [0.25, 0.3) is 5.91 Å². The molecule has 1 aliphatic heterocycles. The maximum atomic E-state index is 12.6. The summed E-state index contributed by atoms with van der Waals surface area (Å²) in [4.78, 5) is 25.2. The molecule has 0 atom stereocenters. The number of benzene rings is 1. The summed E-state index contributed by atoms with van der Waals surface area (Å²) in [6, 6.07) is 7.61. The van der Waals surface area contributed by atoms with E-state index in [2.05, 4.69) is 20.3 Å². The second kappa shape index (κ2) is 9.67. The molecule has 0 saturated carbocycles. The minimum atomic E-state index is -0.0788. The van der Waals surface area contributed by atoms with Crippen LogP contribution in [0.3, 0.4) is 0 Å². The van der Waals surface area contributed by atoms with Crippen LogP contribution in [0, 0.1) is 0 Å². The van der Waals surface area contributed by atoms with Crippen LogP contribution in [0.1, 0.15) is 10.4 Å². The van der Waals surface area contributed by atoms with Crippen LogP contribution in [-0.2, 0) is 11.3 Å². The Kier molecular flexibility index (Phi) is 6.76. The van der Waals surface area contributed by atoms with E-state index in [1.807, 2.05) is 47.7 Å². The Morgan fingerprint density at radius 1 is 1.17 bits per heavy atom. The zero-order chi connectivity index (χ0) is 20.9. The van der Waals surface area contributed by atoms with Crippen molar-refractivity contribution < 1.29 is 9.53 Å². The van der Waals surface area contributed by atoms with E-state index < -0.39 is 0 Å². The molecule has 1 N–H and O–H groups in total. The smallest absolute Gasteiger partial charge is 0.252 e. The molecule has 0 unspecified atom stereocenters. The molecule has 0 spiro atoms. The Hall–Kier alpha value is -2.30. The number of amides is 1. The molecule has 1 saturated heterocycles. The fourth-order valence-electron chi connectivity index (χ4n) is 3.39. The van der Waals surface area contributed by atoms with Crippen molar-refractivity contribution in [3.05, 3.63) is 36.0 Å². The molecule has 3 aromatic rings. The number of morpholine rings is 1. The fraction of sp³-hybridized carbons (Fsp3) is 0.400. The van der Waals surface area contributed by atoms with Crippen LogP contribution < -0.4 is 10.2 Å². The van der Waals surface area contributed by atoms with Crippen LogP contribution >= 0.6 is 23.5 Å². The van der Waals surface area contributed by atoms with E-state index in [0.29, 0.717) is 37.0 Å². The number of aromatic nitrogens is 4. The highest BCUT2D eigenvalue weighted by molar-refractivity contribution is 7.98. The van der Waals surface area contributed by atoms with Gasteiger partial charge in [0.05, 0.1) is 36.9 Å². The quantitative estimate of drug-likeness (QED) is 0.440. The number of ether oxygens (including phenoxy) is 1. The molecule has 8 nitrogen and oxygen atoms in total. The van der Waals surface area contributed by atoms with E-state index in [1.165, 1.54) is 11.8 Å². The van der Waals surface area contributed by atoms with Gasteiger partial charge in [0.2, 0.25) is 0 Å². The minimum Gasteiger partial charge on any atom is -0.378 e. The SMILES string of the molecule is CSc1nc(N2CCOCC2)c2cnn(CCNC(=O)c3ccccc3SC)c2n1. The summed E-state index contributed by atoms with van der Waals surface area (Å²) >= 11 is 3.08. The molecular formula is C20H24N6O2S2. The van der Waals surface area contributed by atoms with Crippen molar-refractivity contribution in [2.75, 3.05) is 50.3 Å². The number of rotatable bonds is 7. The number of hydrogen-bond acceptors (Lipinski definition) is 8. The number of nitrogens with zero attached hydrogens (tertiary/aromatic N) is 5. The highest BCUT2D eigenvalue weighted by atomic mass is 32.2. The first-order valence-electron chi connectivity index (χ1n) is 9.72. The van der Waals surface area contributed by atoms with Crippen molar-refractivity contribution in [3.8, 4) is 0 Å². The molecule has 1 aliphatic rings. The summed E-state index contributed by atoms with van der Waals surface area (Å²) < 4.78 is 7.31. The average molecular weight is 445 g/mol. The maximum absolute atomic E-state index is 12.6. The number of carbonyl (C=O) groups excluding carboxylic acids is 1. The van der Waals surface area contributed by atoms with Gasteiger partial charge in [0.1, 0.15) is 5.82 Å². The van der Waals surface area contributed by atoms with Gasteiger partial charge in [-0.3, -0.25) is 4.79 Å². The number of hydrogen-bond donors (Lipinski definition) is 1. The van der Waals surface area contributed by atoms with Crippen LogP contribution in [0.15, 0.2) is 40.5 Å². The zero-order valence-electron chi connectivity index (χ0n) is 17.0. The predicted molar refractivity (Wildman–Crippen MR) is 121 cm³/mol. The predicted octanol–water partition coefficient (Wildman–Crippen LogP) is 2.54. The van der Waals surface area contributed by atoms with E-state index >= 15 is 0 Å². The monoisotopic (exact) mass is 444 g/mol. The highest BCUT2D eigenvalue weighted by Crippen LogP contribution is 2.27. The van der Waals surface area contributed by atoms with E-state index in [4.69, 9.17) is 9.72 Å². The number of thioether (sulfide) groups is 2. The molecule has 30 heavy (non-hydrogen) atoms. The third-order valence-corrected chi connectivity index (χ3v) is 6.25. The van der Waals surface area contributed by atoms with E-state index in [0.717, 1.165) is 34.8 Å². The summed E-state index contributed by atoms with van der Waals surface area (Å²) in [6.07, 6.45) is 5.75. The molecule has 0 aliphatic carbocycles. The van der Waals surface area contributed by atoms with Gasteiger partial charge in [0.15, 0.2) is 10.8 Å². The fourth-order valence-corrected chi connectivity index (χ4v) is 4.35. The molecule has 1 aromatic carbocycles. The van der Waals surface area contributed by atoms with E-state index in [-0.39, 0.29) is 5.91 Å². The lowest BCUT2D eigenvalue weighted by atomic mass is 10.2. The molecule has 4 rings (SSSR count). The van der Waals surface area contributed by atoms with Gasteiger partial charge in [-0.05, 0) is 24.6 Å². The third kappa shape index (κ3) is 4.40. The molecule has 10 heteroatoms. The van der Waals surface area contributed by atoms with E-state index in [9.17, 15) is 4.79 Å². The summed E-state index contributed by atoms with van der Waals surface area (Å²) in [5, 5.41) is 9.15. The largest absolute Gasteiger partial charge is 0.378 e. The van der Waals surface area contributed by atoms with Crippen LogP contribution in [0.5, 0.6) is 0 Å². The second-order valence-electron chi connectivity index (χ2n) is 6.69. The molecule has 2 aromatic heterocycles. The molecule has 3 heterocycles. The molecule has 0 bridgehead atoms. The lowest BCUT2D eigenvalue weighted by molar-refractivity contribution is 0.0949. The van der Waals surface area contributed by atoms with Crippen molar-refractivity contribution in [2.45, 2.75) is 16.6 Å². The van der Waals surface area contributed by atoms with Crippen molar-refractivity contribution in [2.24, 2.45) is 0 Å². The Labute approximate surface area is 183 Å². The van der Waals surface area contributed by atoms with Gasteiger partial charge >= 0.3 is 0 Å². The number of nitrogens with one attached hydrogen (secondary N) is 1. The Balaban J connectivity index is 1.51. The van der Waals surface area contributed by atoms with Gasteiger partial charge < -0.3 is 15.0 Å². The number of fused-ring (bicyclic) bond motifs is 1. The second-order valence-corrected chi connectivity index (χ2v) is 8.32. The highest BCUT2D eigenvalue weighted by Gasteiger charge is 2.20. The van der Waals surface area contributed by atoms with E-state index in [1.54, 1.807) is 11.8 Å². The Morgan fingerprint density at radius 2 is 1.97 bits per heavy atom.